The van der Waals surface area contributed by atoms with Crippen molar-refractivity contribution in [3.8, 4) is 0 Å². The van der Waals surface area contributed by atoms with Crippen LogP contribution in [0.4, 0.5) is 5.69 Å². The van der Waals surface area contributed by atoms with Crippen molar-refractivity contribution in [2.45, 2.75) is 43.4 Å². The molecule has 7 heteroatoms. The average Bonchev–Trinajstić information content (AvgIpc) is 3.16. The summed E-state index contributed by atoms with van der Waals surface area (Å²) < 4.78 is 0. The summed E-state index contributed by atoms with van der Waals surface area (Å²) in [5, 5.41) is 24.7. The van der Waals surface area contributed by atoms with E-state index in [9.17, 15) is 15.0 Å². The van der Waals surface area contributed by atoms with E-state index in [4.69, 9.17) is 0 Å². The molecular formula is C23H27N3O3S. The maximum atomic E-state index is 13.2. The van der Waals surface area contributed by atoms with E-state index in [0.29, 0.717) is 11.7 Å². The molecule has 5 atom stereocenters. The maximum Gasteiger partial charge on any atom is 0.227 e. The van der Waals surface area contributed by atoms with Crippen molar-refractivity contribution in [1.29, 1.82) is 0 Å². The van der Waals surface area contributed by atoms with Crippen LogP contribution in [0.5, 0.6) is 0 Å². The Hall–Kier alpha value is -2.35. The maximum absolute atomic E-state index is 13.2. The summed E-state index contributed by atoms with van der Waals surface area (Å²) in [6.45, 7) is 2.53. The molecule has 6 nitrogen and oxygen atoms in total. The van der Waals surface area contributed by atoms with Gasteiger partial charge in [0.25, 0.3) is 0 Å². The van der Waals surface area contributed by atoms with Crippen molar-refractivity contribution < 1.29 is 15.0 Å². The first-order valence-corrected chi connectivity index (χ1v) is 11.0. The van der Waals surface area contributed by atoms with Crippen molar-refractivity contribution in [2.75, 3.05) is 12.4 Å². The Kier molecular flexibility index (Phi) is 6.13. The molecule has 30 heavy (non-hydrogen) atoms. The van der Waals surface area contributed by atoms with E-state index in [-0.39, 0.29) is 17.6 Å². The molecule has 0 radical (unpaired) electrons. The van der Waals surface area contributed by atoms with Crippen LogP contribution in [-0.2, 0) is 11.3 Å². The molecule has 2 aromatic carbocycles. The predicted octanol–water partition coefficient (Wildman–Crippen LogP) is 2.65. The molecule has 4 rings (SSSR count). The first kappa shape index (κ1) is 20.9. The highest BCUT2D eigenvalue weighted by molar-refractivity contribution is 8.15. The van der Waals surface area contributed by atoms with Gasteiger partial charge in [-0.05, 0) is 31.0 Å². The summed E-state index contributed by atoms with van der Waals surface area (Å²) in [6, 6.07) is 17.3. The number of benzene rings is 2. The van der Waals surface area contributed by atoms with Gasteiger partial charge in [0.2, 0.25) is 5.91 Å². The van der Waals surface area contributed by atoms with Crippen LogP contribution in [0.15, 0.2) is 59.6 Å². The van der Waals surface area contributed by atoms with Crippen LogP contribution in [0.2, 0.25) is 0 Å². The van der Waals surface area contributed by atoms with Gasteiger partial charge in [0.15, 0.2) is 5.17 Å². The molecule has 1 saturated carbocycles. The van der Waals surface area contributed by atoms with Crippen LogP contribution in [0, 0.1) is 12.8 Å². The summed E-state index contributed by atoms with van der Waals surface area (Å²) in [7, 11) is 1.79. The topological polar surface area (TPSA) is 85.2 Å². The highest BCUT2D eigenvalue weighted by Gasteiger charge is 2.50. The van der Waals surface area contributed by atoms with E-state index in [1.54, 1.807) is 11.9 Å². The minimum absolute atomic E-state index is 0.0286. The number of carbonyl (C=O) groups is 1. The zero-order chi connectivity index (χ0) is 21.3. The molecule has 1 amide bonds. The van der Waals surface area contributed by atoms with Gasteiger partial charge in [-0.15, -0.1) is 0 Å². The third kappa shape index (κ3) is 4.38. The summed E-state index contributed by atoms with van der Waals surface area (Å²) in [6.07, 6.45) is -1.70. The van der Waals surface area contributed by atoms with Crippen LogP contribution in [0.1, 0.15) is 17.5 Å². The third-order valence-corrected chi connectivity index (χ3v) is 7.06. The van der Waals surface area contributed by atoms with Gasteiger partial charge in [0.05, 0.1) is 18.1 Å². The Morgan fingerprint density at radius 2 is 1.87 bits per heavy atom. The molecule has 0 aromatic heterocycles. The minimum atomic E-state index is -0.969. The number of aliphatic hydroxyl groups excluding tert-OH is 2. The predicted molar refractivity (Wildman–Crippen MR) is 120 cm³/mol. The van der Waals surface area contributed by atoms with Gasteiger partial charge in [-0.1, -0.05) is 59.8 Å². The first-order chi connectivity index (χ1) is 14.4. The largest absolute Gasteiger partial charge is 0.390 e. The van der Waals surface area contributed by atoms with E-state index < -0.39 is 24.2 Å². The van der Waals surface area contributed by atoms with Crippen LogP contribution in [0.3, 0.4) is 0 Å². The van der Waals surface area contributed by atoms with E-state index in [2.05, 4.69) is 10.3 Å². The number of carbonyl (C=O) groups excluding carboxylic acids is 1. The van der Waals surface area contributed by atoms with Gasteiger partial charge in [-0.25, -0.2) is 0 Å². The number of hydrogen-bond donors (Lipinski definition) is 3. The number of thioether (sulfide) groups is 1. The van der Waals surface area contributed by atoms with E-state index in [1.807, 2.05) is 61.5 Å². The van der Waals surface area contributed by atoms with Gasteiger partial charge < -0.3 is 20.4 Å². The Balaban J connectivity index is 1.48. The highest BCUT2D eigenvalue weighted by Crippen LogP contribution is 2.42. The number of hydrogen-bond acceptors (Lipinski definition) is 6. The van der Waals surface area contributed by atoms with Crippen molar-refractivity contribution >= 4 is 28.5 Å². The molecule has 0 unspecified atom stereocenters. The molecule has 0 bridgehead atoms. The van der Waals surface area contributed by atoms with Gasteiger partial charge in [-0.3, -0.25) is 9.79 Å². The molecule has 0 spiro atoms. The molecule has 1 fully saturated rings. The normalized spacial score (nSPS) is 27.9. The van der Waals surface area contributed by atoms with Crippen LogP contribution in [0.25, 0.3) is 0 Å². The zero-order valence-electron chi connectivity index (χ0n) is 17.1. The lowest BCUT2D eigenvalue weighted by Crippen LogP contribution is -2.54. The number of amidine groups is 1. The van der Waals surface area contributed by atoms with Crippen LogP contribution >= 0.6 is 11.8 Å². The molecule has 2 aliphatic rings. The Morgan fingerprint density at radius 3 is 2.57 bits per heavy atom. The molecule has 1 heterocycles. The lowest BCUT2D eigenvalue weighted by molar-refractivity contribution is -0.139. The number of nitrogens with zero attached hydrogens (tertiary/aromatic N) is 2. The Labute approximate surface area is 181 Å². The van der Waals surface area contributed by atoms with Crippen molar-refractivity contribution in [3.63, 3.8) is 0 Å². The van der Waals surface area contributed by atoms with Crippen molar-refractivity contribution in [2.24, 2.45) is 10.9 Å². The average molecular weight is 426 g/mol. The lowest BCUT2D eigenvalue weighted by atomic mass is 9.80. The van der Waals surface area contributed by atoms with Crippen LogP contribution < -0.4 is 5.32 Å². The van der Waals surface area contributed by atoms with Gasteiger partial charge in [0.1, 0.15) is 6.10 Å². The summed E-state index contributed by atoms with van der Waals surface area (Å²) in [5.41, 5.74) is 3.13. The number of rotatable bonds is 4. The highest BCUT2D eigenvalue weighted by atomic mass is 32.2. The number of anilines is 1. The standard InChI is InChI=1S/C23H27N3O3S/c1-14-8-10-16(11-9-14)24-23-25-19-20(28)18(27)12-17(21(19)30-23)22(29)26(2)13-15-6-4-3-5-7-15/h3-11,17-21,27-28H,12-13H2,1-2H3,(H,24,25)/t17-,18+,19-,20-,21+/m0/s1. The second-order valence-corrected chi connectivity index (χ2v) is 9.25. The van der Waals surface area contributed by atoms with Gasteiger partial charge in [-0.2, -0.15) is 0 Å². The summed E-state index contributed by atoms with van der Waals surface area (Å²) in [5.74, 6) is -0.438. The van der Waals surface area contributed by atoms with E-state index >= 15 is 0 Å². The molecule has 1 aliphatic heterocycles. The zero-order valence-corrected chi connectivity index (χ0v) is 17.9. The fourth-order valence-electron chi connectivity index (χ4n) is 4.07. The van der Waals surface area contributed by atoms with Crippen molar-refractivity contribution in [3.05, 3.63) is 65.7 Å². The third-order valence-electron chi connectivity index (χ3n) is 5.75. The fraction of sp³-hybridized carbons (Fsp3) is 0.391. The number of nitrogens with one attached hydrogen (secondary N) is 1. The lowest BCUT2D eigenvalue weighted by Gasteiger charge is -2.38. The molecule has 2 aromatic rings. The number of aryl methyl sites for hydroxylation is 1. The molecule has 3 N–H and O–H groups in total. The molecule has 1 aliphatic carbocycles. The number of aliphatic imine (C=N–C) groups is 1. The van der Waals surface area contributed by atoms with Gasteiger partial charge in [0, 0.05) is 24.5 Å². The summed E-state index contributed by atoms with van der Waals surface area (Å²) in [4.78, 5) is 19.6. The molecule has 0 saturated heterocycles. The second kappa shape index (κ2) is 8.79. The number of fused-ring (bicyclic) bond motifs is 1. The molecular weight excluding hydrogens is 398 g/mol. The van der Waals surface area contributed by atoms with Crippen LogP contribution in [-0.4, -0.2) is 56.7 Å². The Bertz CT molecular complexity index is 919. The Morgan fingerprint density at radius 1 is 1.17 bits per heavy atom. The van der Waals surface area contributed by atoms with Gasteiger partial charge >= 0.3 is 0 Å². The van der Waals surface area contributed by atoms with Crippen molar-refractivity contribution in [1.82, 2.24) is 4.90 Å². The fourth-order valence-corrected chi connectivity index (χ4v) is 5.44. The number of aliphatic hydroxyl groups is 2. The summed E-state index contributed by atoms with van der Waals surface area (Å²) >= 11 is 1.48. The SMILES string of the molecule is Cc1ccc(NC2=N[C@H]3[C@@H](O)[C@H](O)C[C@H](C(=O)N(C)Cc4ccccc4)[C@H]3S2)cc1. The second-order valence-electron chi connectivity index (χ2n) is 8.08. The van der Waals surface area contributed by atoms with E-state index in [0.717, 1.165) is 11.3 Å². The molecule has 158 valence electrons. The number of amides is 1. The van der Waals surface area contributed by atoms with E-state index in [1.165, 1.54) is 17.3 Å². The first-order valence-electron chi connectivity index (χ1n) is 10.2. The quantitative estimate of drug-likeness (QED) is 0.701. The monoisotopic (exact) mass is 425 g/mol. The smallest absolute Gasteiger partial charge is 0.227 e. The minimum Gasteiger partial charge on any atom is -0.390 e.